The first-order valence-corrected chi connectivity index (χ1v) is 22.6. The van der Waals surface area contributed by atoms with Crippen molar-refractivity contribution in [3.63, 3.8) is 0 Å². The summed E-state index contributed by atoms with van der Waals surface area (Å²) in [5.41, 5.74) is 0. The molecule has 0 spiro atoms. The molecule has 1 saturated heterocycles. The summed E-state index contributed by atoms with van der Waals surface area (Å²) >= 11 is 0. The molecule has 0 aromatic rings. The van der Waals surface area contributed by atoms with E-state index in [0.29, 0.717) is 13.0 Å². The van der Waals surface area contributed by atoms with Gasteiger partial charge >= 0.3 is 5.97 Å². The molecule has 0 amide bonds. The molecule has 1 heterocycles. The molecule has 1 fully saturated rings. The highest BCUT2D eigenvalue weighted by molar-refractivity contribution is 5.69. The number of rotatable bonds is 39. The first-order valence-electron chi connectivity index (χ1n) is 22.6. The van der Waals surface area contributed by atoms with E-state index in [9.17, 15) is 25.2 Å². The Bertz CT molecular complexity index is 782. The molecule has 1 aliphatic heterocycles. The number of carbonyl (C=O) groups excluding carboxylic acids is 1. The van der Waals surface area contributed by atoms with Crippen LogP contribution in [-0.4, -0.2) is 89.6 Å². The highest BCUT2D eigenvalue weighted by Gasteiger charge is 2.44. The minimum atomic E-state index is -1.53. The largest absolute Gasteiger partial charge is 0.457 e. The number of ether oxygens (including phenoxy) is 4. The van der Waals surface area contributed by atoms with Crippen LogP contribution in [-0.2, 0) is 23.7 Å². The fourth-order valence-corrected chi connectivity index (χ4v) is 7.20. The van der Waals surface area contributed by atoms with Crippen LogP contribution in [0.5, 0.6) is 0 Å². The molecule has 6 unspecified atom stereocenters. The molecule has 6 atom stereocenters. The molecule has 0 saturated carbocycles. The maximum absolute atomic E-state index is 12.8. The molecule has 9 nitrogen and oxygen atoms in total. The molecule has 4 N–H and O–H groups in total. The monoisotopic (exact) mass is 759 g/mol. The Kier molecular flexibility index (Phi) is 34.9. The topological polar surface area (TPSA) is 135 Å². The van der Waals surface area contributed by atoms with Crippen molar-refractivity contribution in [1.29, 1.82) is 0 Å². The average molecular weight is 759 g/mol. The molecular formula is C44H86O9. The summed E-state index contributed by atoms with van der Waals surface area (Å²) in [4.78, 5) is 12.8. The number of hydrogen-bond donors (Lipinski definition) is 4. The molecule has 1 rings (SSSR count). The van der Waals surface area contributed by atoms with E-state index in [2.05, 4.69) is 13.8 Å². The molecule has 0 radical (unpaired) electrons. The van der Waals surface area contributed by atoms with Crippen molar-refractivity contribution in [2.45, 2.75) is 250 Å². The lowest BCUT2D eigenvalue weighted by Gasteiger charge is -2.39. The van der Waals surface area contributed by atoms with Crippen LogP contribution in [0, 0.1) is 0 Å². The van der Waals surface area contributed by atoms with E-state index in [1.54, 1.807) is 0 Å². The Hall–Kier alpha value is -0.810. The minimum Gasteiger partial charge on any atom is -0.457 e. The average Bonchev–Trinajstić information content (AvgIpc) is 3.16. The Morgan fingerprint density at radius 1 is 0.528 bits per heavy atom. The molecule has 0 aromatic carbocycles. The summed E-state index contributed by atoms with van der Waals surface area (Å²) in [5.74, 6) is -0.308. The van der Waals surface area contributed by atoms with Crippen molar-refractivity contribution < 1.29 is 44.2 Å². The lowest BCUT2D eigenvalue weighted by molar-refractivity contribution is -0.305. The van der Waals surface area contributed by atoms with E-state index in [1.165, 1.54) is 161 Å². The van der Waals surface area contributed by atoms with Crippen LogP contribution in [0.4, 0.5) is 0 Å². The van der Waals surface area contributed by atoms with E-state index in [1.807, 2.05) is 0 Å². The van der Waals surface area contributed by atoms with Crippen LogP contribution in [0.25, 0.3) is 0 Å². The van der Waals surface area contributed by atoms with Gasteiger partial charge in [-0.2, -0.15) is 0 Å². The van der Waals surface area contributed by atoms with Gasteiger partial charge in [-0.1, -0.05) is 194 Å². The van der Waals surface area contributed by atoms with Gasteiger partial charge in [0.1, 0.15) is 30.5 Å². The van der Waals surface area contributed by atoms with E-state index < -0.39 is 43.4 Å². The SMILES string of the molecule is CCCCCCCCCCCCCCCCCCC(=O)OC(COCCCCCCCCCCCCCCCC)COC1OC(CO)C(O)C(O)C1O. The van der Waals surface area contributed by atoms with Gasteiger partial charge in [-0.05, 0) is 12.8 Å². The van der Waals surface area contributed by atoms with E-state index in [4.69, 9.17) is 18.9 Å². The van der Waals surface area contributed by atoms with Gasteiger partial charge in [-0.3, -0.25) is 4.79 Å². The second-order valence-corrected chi connectivity index (χ2v) is 15.9. The van der Waals surface area contributed by atoms with E-state index in [0.717, 1.165) is 32.1 Å². The van der Waals surface area contributed by atoms with Gasteiger partial charge in [-0.25, -0.2) is 0 Å². The zero-order valence-corrected chi connectivity index (χ0v) is 34.5. The van der Waals surface area contributed by atoms with Crippen LogP contribution < -0.4 is 0 Å². The van der Waals surface area contributed by atoms with Gasteiger partial charge in [0.25, 0.3) is 0 Å². The third-order valence-corrected chi connectivity index (χ3v) is 10.8. The van der Waals surface area contributed by atoms with Crippen LogP contribution in [0.15, 0.2) is 0 Å². The molecule has 1 aliphatic rings. The molecule has 0 aromatic heterocycles. The highest BCUT2D eigenvalue weighted by atomic mass is 16.7. The molecule has 316 valence electrons. The highest BCUT2D eigenvalue weighted by Crippen LogP contribution is 2.23. The third kappa shape index (κ3) is 28.3. The maximum atomic E-state index is 12.8. The van der Waals surface area contributed by atoms with Crippen molar-refractivity contribution in [2.24, 2.45) is 0 Å². The van der Waals surface area contributed by atoms with Crippen molar-refractivity contribution >= 4 is 5.97 Å². The second kappa shape index (κ2) is 36.8. The van der Waals surface area contributed by atoms with Crippen molar-refractivity contribution in [1.82, 2.24) is 0 Å². The minimum absolute atomic E-state index is 0.105. The third-order valence-electron chi connectivity index (χ3n) is 10.8. The Morgan fingerprint density at radius 2 is 0.925 bits per heavy atom. The first kappa shape index (κ1) is 50.2. The molecule has 9 heteroatoms. The summed E-state index contributed by atoms with van der Waals surface area (Å²) in [6, 6.07) is 0. The van der Waals surface area contributed by atoms with Crippen molar-refractivity contribution in [3.8, 4) is 0 Å². The molecule has 0 aliphatic carbocycles. The summed E-state index contributed by atoms with van der Waals surface area (Å²) in [6.45, 7) is 4.60. The number of carbonyl (C=O) groups is 1. The predicted octanol–water partition coefficient (Wildman–Crippen LogP) is 9.86. The molecule has 0 bridgehead atoms. The summed E-state index contributed by atoms with van der Waals surface area (Å²) < 4.78 is 22.8. The summed E-state index contributed by atoms with van der Waals surface area (Å²) in [7, 11) is 0. The zero-order chi connectivity index (χ0) is 38.6. The second-order valence-electron chi connectivity index (χ2n) is 15.9. The van der Waals surface area contributed by atoms with Crippen LogP contribution in [0.3, 0.4) is 0 Å². The number of aliphatic hydroxyl groups excluding tert-OH is 4. The van der Waals surface area contributed by atoms with Crippen molar-refractivity contribution in [2.75, 3.05) is 26.4 Å². The smallest absolute Gasteiger partial charge is 0.306 e. The maximum Gasteiger partial charge on any atom is 0.306 e. The van der Waals surface area contributed by atoms with Gasteiger partial charge in [-0.15, -0.1) is 0 Å². The Balaban J connectivity index is 2.24. The first-order chi connectivity index (χ1) is 25.9. The Morgan fingerprint density at radius 3 is 1.34 bits per heavy atom. The number of esters is 1. The van der Waals surface area contributed by atoms with Gasteiger partial charge in [0, 0.05) is 13.0 Å². The van der Waals surface area contributed by atoms with Crippen molar-refractivity contribution in [3.05, 3.63) is 0 Å². The van der Waals surface area contributed by atoms with Gasteiger partial charge in [0.15, 0.2) is 6.29 Å². The van der Waals surface area contributed by atoms with Gasteiger partial charge in [0.05, 0.1) is 19.8 Å². The van der Waals surface area contributed by atoms with Gasteiger partial charge in [0.2, 0.25) is 0 Å². The van der Waals surface area contributed by atoms with E-state index >= 15 is 0 Å². The standard InChI is InChI=1S/C44H86O9/c1-3-5-7-9-11-13-15-17-19-20-21-23-25-27-29-31-33-40(46)52-38(37-51-44-43(49)42(48)41(47)39(35-45)53-44)36-50-34-32-30-28-26-24-22-18-16-14-12-10-8-6-4-2/h38-39,41-45,47-49H,3-37H2,1-2H3. The fraction of sp³-hybridized carbons (Fsp3) is 0.977. The quantitative estimate of drug-likeness (QED) is 0.0357. The predicted molar refractivity (Wildman–Crippen MR) is 215 cm³/mol. The van der Waals surface area contributed by atoms with Crippen LogP contribution in [0.2, 0.25) is 0 Å². The summed E-state index contributed by atoms with van der Waals surface area (Å²) in [5, 5.41) is 40.1. The number of unbranched alkanes of at least 4 members (excludes halogenated alkanes) is 28. The molecular weight excluding hydrogens is 672 g/mol. The van der Waals surface area contributed by atoms with Crippen LogP contribution >= 0.6 is 0 Å². The lowest BCUT2D eigenvalue weighted by atomic mass is 9.99. The summed E-state index contributed by atoms with van der Waals surface area (Å²) in [6.07, 6.45) is 31.2. The number of hydrogen-bond acceptors (Lipinski definition) is 9. The zero-order valence-electron chi connectivity index (χ0n) is 34.5. The Labute approximate surface area is 325 Å². The molecule has 53 heavy (non-hydrogen) atoms. The number of aliphatic hydroxyl groups is 4. The lowest BCUT2D eigenvalue weighted by Crippen LogP contribution is -2.59. The fourth-order valence-electron chi connectivity index (χ4n) is 7.20. The van der Waals surface area contributed by atoms with Crippen LogP contribution in [0.1, 0.15) is 213 Å². The van der Waals surface area contributed by atoms with Gasteiger partial charge < -0.3 is 39.4 Å². The normalized spacial score (nSPS) is 20.9. The van der Waals surface area contributed by atoms with E-state index in [-0.39, 0.29) is 19.2 Å².